The number of rotatable bonds is 7. The number of nitrogen functional groups attached to an aromatic ring is 1. The van der Waals surface area contributed by atoms with Gasteiger partial charge in [0, 0.05) is 42.2 Å². The van der Waals surface area contributed by atoms with Gasteiger partial charge in [0.2, 0.25) is 11.8 Å². The van der Waals surface area contributed by atoms with Crippen molar-refractivity contribution in [3.05, 3.63) is 119 Å². The number of benzene rings is 4. The van der Waals surface area contributed by atoms with E-state index in [9.17, 15) is 22.4 Å². The van der Waals surface area contributed by atoms with Crippen LogP contribution >= 0.6 is 0 Å². The topological polar surface area (TPSA) is 144 Å². The molecular formula is C39H38FN5O5S. The van der Waals surface area contributed by atoms with Gasteiger partial charge in [0.15, 0.2) is 9.84 Å². The van der Waals surface area contributed by atoms with Crippen molar-refractivity contribution in [3.63, 3.8) is 0 Å². The molecule has 4 N–H and O–H groups in total. The van der Waals surface area contributed by atoms with E-state index >= 15 is 0 Å². The van der Waals surface area contributed by atoms with Crippen molar-refractivity contribution in [1.82, 2.24) is 9.88 Å². The highest BCUT2D eigenvalue weighted by Gasteiger charge is 2.38. The van der Waals surface area contributed by atoms with Crippen molar-refractivity contribution in [2.75, 3.05) is 23.4 Å². The fraction of sp³-hybridized carbons (Fsp3) is 0.256. The molecule has 4 bridgehead atoms. The van der Waals surface area contributed by atoms with Crippen LogP contribution in [0.3, 0.4) is 0 Å². The molecule has 0 radical (unpaired) electrons. The molecule has 0 saturated heterocycles. The second kappa shape index (κ2) is 13.7. The second-order valence-corrected chi connectivity index (χ2v) is 15.5. The van der Waals surface area contributed by atoms with Gasteiger partial charge in [0.25, 0.3) is 0 Å². The number of halogens is 1. The third-order valence-electron chi connectivity index (χ3n) is 9.45. The van der Waals surface area contributed by atoms with Crippen LogP contribution in [0.4, 0.5) is 21.6 Å². The number of aromatic nitrogens is 1. The number of ether oxygens (including phenoxy) is 1. The maximum atomic E-state index is 14.9. The van der Waals surface area contributed by atoms with Crippen molar-refractivity contribution in [2.45, 2.75) is 61.4 Å². The van der Waals surface area contributed by atoms with Gasteiger partial charge in [-0.05, 0) is 89.5 Å². The summed E-state index contributed by atoms with van der Waals surface area (Å²) in [5.74, 6) is -0.763. The molecule has 10 nitrogen and oxygen atoms in total. The predicted octanol–water partition coefficient (Wildman–Crippen LogP) is 6.73. The van der Waals surface area contributed by atoms with Crippen LogP contribution in [0.1, 0.15) is 60.4 Å². The van der Waals surface area contributed by atoms with Gasteiger partial charge in [0.05, 0.1) is 16.3 Å². The number of nitrogens with one attached hydrogen (secondary N) is 2. The Labute approximate surface area is 295 Å². The largest absolute Gasteiger partial charge is 0.489 e. The molecule has 1 saturated carbocycles. The summed E-state index contributed by atoms with van der Waals surface area (Å²) < 4.78 is 48.2. The molecule has 5 aromatic rings. The fourth-order valence-corrected chi connectivity index (χ4v) is 8.41. The molecule has 7 rings (SSSR count). The average Bonchev–Trinajstić information content (AvgIpc) is 3.98. The van der Waals surface area contributed by atoms with Crippen molar-refractivity contribution < 1.29 is 27.1 Å². The Hall–Kier alpha value is -5.49. The zero-order valence-electron chi connectivity index (χ0n) is 28.2. The summed E-state index contributed by atoms with van der Waals surface area (Å²) >= 11 is 0. The minimum Gasteiger partial charge on any atom is -0.489 e. The molecule has 2 atom stereocenters. The van der Waals surface area contributed by atoms with Crippen molar-refractivity contribution in [2.24, 2.45) is 0 Å². The predicted molar refractivity (Wildman–Crippen MR) is 194 cm³/mol. The lowest BCUT2D eigenvalue weighted by Gasteiger charge is -2.28. The zero-order chi connectivity index (χ0) is 35.9. The van der Waals surface area contributed by atoms with Gasteiger partial charge in [-0.15, -0.1) is 0 Å². The number of sulfone groups is 1. The van der Waals surface area contributed by atoms with E-state index < -0.39 is 26.9 Å². The van der Waals surface area contributed by atoms with Crippen LogP contribution in [0, 0.1) is 5.82 Å². The van der Waals surface area contributed by atoms with Gasteiger partial charge in [-0.25, -0.2) is 17.8 Å². The smallest absolute Gasteiger partial charge is 0.249 e. The van der Waals surface area contributed by atoms with Crippen LogP contribution in [0.15, 0.2) is 96.0 Å². The molecule has 1 fully saturated rings. The van der Waals surface area contributed by atoms with E-state index in [1.54, 1.807) is 49.5 Å². The maximum absolute atomic E-state index is 14.9. The molecule has 2 heterocycles. The van der Waals surface area contributed by atoms with E-state index in [-0.39, 0.29) is 46.8 Å². The van der Waals surface area contributed by atoms with Gasteiger partial charge in [-0.3, -0.25) is 9.59 Å². The standard InChI is InChI=1S/C39H38FN5O5S/c1-23-16-36(46)43-27-10-15-35(51(48,49)29-11-12-29)26(17-27)21-45(2)39(47)37(44-28-9-13-30-32(19-28)33(40)20-42-38(30)41)25-8-14-34(31(23)18-25)50-22-24-6-4-3-5-7-24/h3-10,13-15,17-20,23,29,37,44H,11-12,16,21-22H2,1-2H3,(H2,41,42)(H,43,46)/t23-,37+/m0/s1. The van der Waals surface area contributed by atoms with Crippen LogP contribution < -0.4 is 21.1 Å². The summed E-state index contributed by atoms with van der Waals surface area (Å²) in [7, 11) is -2.02. The van der Waals surface area contributed by atoms with E-state index in [4.69, 9.17) is 10.5 Å². The fourth-order valence-electron chi connectivity index (χ4n) is 6.54. The molecule has 1 aliphatic heterocycles. The Morgan fingerprint density at radius 3 is 2.55 bits per heavy atom. The quantitative estimate of drug-likeness (QED) is 0.169. The first-order valence-electron chi connectivity index (χ1n) is 16.8. The number of nitrogens with two attached hydrogens (primary N) is 1. The maximum Gasteiger partial charge on any atom is 0.249 e. The van der Waals surface area contributed by atoms with E-state index in [2.05, 4.69) is 15.6 Å². The highest BCUT2D eigenvalue weighted by molar-refractivity contribution is 7.92. The number of hydrogen-bond acceptors (Lipinski definition) is 8. The van der Waals surface area contributed by atoms with Crippen LogP contribution in [0.2, 0.25) is 0 Å². The molecule has 2 amide bonds. The van der Waals surface area contributed by atoms with Crippen LogP contribution in [-0.4, -0.2) is 42.4 Å². The summed E-state index contributed by atoms with van der Waals surface area (Å²) in [6, 6.07) is 23.8. The molecule has 51 heavy (non-hydrogen) atoms. The lowest BCUT2D eigenvalue weighted by atomic mass is 9.92. The number of nitrogens with zero attached hydrogens (tertiary/aromatic N) is 2. The highest BCUT2D eigenvalue weighted by atomic mass is 32.2. The highest BCUT2D eigenvalue weighted by Crippen LogP contribution is 2.38. The molecule has 1 aromatic heterocycles. The Morgan fingerprint density at radius 1 is 1.00 bits per heavy atom. The third-order valence-corrected chi connectivity index (χ3v) is 11.8. The van der Waals surface area contributed by atoms with Gasteiger partial charge in [0.1, 0.15) is 30.0 Å². The minimum absolute atomic E-state index is 0.0436. The molecule has 262 valence electrons. The molecule has 4 aromatic carbocycles. The Balaban J connectivity index is 1.32. The van der Waals surface area contributed by atoms with Crippen LogP contribution in [0.25, 0.3) is 10.8 Å². The van der Waals surface area contributed by atoms with Crippen molar-refractivity contribution in [1.29, 1.82) is 0 Å². The molecular weight excluding hydrogens is 670 g/mol. The molecule has 12 heteroatoms. The number of likely N-dealkylation sites (N-methyl/N-ethyl adjacent to an activating group) is 1. The zero-order valence-corrected chi connectivity index (χ0v) is 29.0. The first-order valence-corrected chi connectivity index (χ1v) is 18.3. The second-order valence-electron chi connectivity index (χ2n) is 13.3. The summed E-state index contributed by atoms with van der Waals surface area (Å²) in [6.45, 7) is 2.17. The molecule has 1 aliphatic carbocycles. The minimum atomic E-state index is -3.63. The molecule has 2 aliphatic rings. The normalized spacial score (nSPS) is 18.2. The van der Waals surface area contributed by atoms with Gasteiger partial charge < -0.3 is 26.0 Å². The Bertz CT molecular complexity index is 2260. The van der Waals surface area contributed by atoms with Crippen LogP contribution in [-0.2, 0) is 32.6 Å². The first-order chi connectivity index (χ1) is 24.5. The monoisotopic (exact) mass is 707 g/mol. The van der Waals surface area contributed by atoms with Gasteiger partial charge in [-0.2, -0.15) is 0 Å². The van der Waals surface area contributed by atoms with E-state index in [1.807, 2.05) is 43.3 Å². The number of carbonyl (C=O) groups is 2. The number of fused-ring (bicyclic) bond motifs is 5. The summed E-state index contributed by atoms with van der Waals surface area (Å²) in [4.78, 5) is 33.5. The number of carbonyl (C=O) groups excluding carboxylic acids is 2. The van der Waals surface area contributed by atoms with Crippen molar-refractivity contribution >= 4 is 49.6 Å². The summed E-state index contributed by atoms with van der Waals surface area (Å²) in [5.41, 5.74) is 9.58. The van der Waals surface area contributed by atoms with E-state index in [0.29, 0.717) is 53.1 Å². The molecule has 0 spiro atoms. The third kappa shape index (κ3) is 7.09. The number of hydrogen-bond donors (Lipinski definition) is 3. The van der Waals surface area contributed by atoms with Crippen molar-refractivity contribution in [3.8, 4) is 5.75 Å². The van der Waals surface area contributed by atoms with Gasteiger partial charge >= 0.3 is 0 Å². The number of pyridine rings is 1. The lowest BCUT2D eigenvalue weighted by Crippen LogP contribution is -2.35. The number of amides is 2. The SMILES string of the molecule is C[C@H]1CC(=O)Nc2ccc(S(=O)(=O)C3CC3)c(c2)CN(C)C(=O)[C@H](Nc2ccc3c(N)ncc(F)c3c2)c2ccc(OCc3ccccc3)c1c2. The van der Waals surface area contributed by atoms with E-state index in [0.717, 1.165) is 17.3 Å². The summed E-state index contributed by atoms with van der Waals surface area (Å²) in [5, 5.41) is 6.46. The molecule has 0 unspecified atom stereocenters. The Morgan fingerprint density at radius 2 is 1.78 bits per heavy atom. The average molecular weight is 708 g/mol. The van der Waals surface area contributed by atoms with E-state index in [1.165, 1.54) is 11.0 Å². The Kier molecular flexibility index (Phi) is 9.11. The first kappa shape index (κ1) is 34.0. The van der Waals surface area contributed by atoms with Crippen LogP contribution in [0.5, 0.6) is 5.75 Å². The summed E-state index contributed by atoms with van der Waals surface area (Å²) in [6.07, 6.45) is 2.32. The number of anilines is 3. The van der Waals surface area contributed by atoms with Gasteiger partial charge in [-0.1, -0.05) is 43.3 Å². The lowest BCUT2D eigenvalue weighted by molar-refractivity contribution is -0.131.